The molecule has 0 radical (unpaired) electrons. The van der Waals surface area contributed by atoms with Gasteiger partial charge < -0.3 is 5.11 Å². The van der Waals surface area contributed by atoms with Crippen molar-refractivity contribution in [2.75, 3.05) is 6.61 Å². The lowest BCUT2D eigenvalue weighted by atomic mass is 9.95. The predicted octanol–water partition coefficient (Wildman–Crippen LogP) is 4.63. The zero-order valence-corrected chi connectivity index (χ0v) is 11.9. The highest BCUT2D eigenvalue weighted by Gasteiger charge is 2.06. The summed E-state index contributed by atoms with van der Waals surface area (Å²) in [5.74, 6) is 0. The first kappa shape index (κ1) is 15.0. The minimum atomic E-state index is 0.171. The normalized spacial score (nSPS) is 12.3. The van der Waals surface area contributed by atoms with E-state index in [1.165, 1.54) is 11.1 Å². The highest BCUT2D eigenvalue weighted by molar-refractivity contribution is 6.30. The second kappa shape index (κ2) is 8.12. The maximum absolute atomic E-state index is 8.96. The highest BCUT2D eigenvalue weighted by Crippen LogP contribution is 2.26. The van der Waals surface area contributed by atoms with Crippen molar-refractivity contribution >= 4 is 17.2 Å². The van der Waals surface area contributed by atoms with Gasteiger partial charge in [0.15, 0.2) is 0 Å². The number of benzene rings is 1. The van der Waals surface area contributed by atoms with Crippen molar-refractivity contribution in [1.29, 1.82) is 0 Å². The van der Waals surface area contributed by atoms with Crippen LogP contribution in [-0.2, 0) is 6.42 Å². The van der Waals surface area contributed by atoms with Gasteiger partial charge in [0.2, 0.25) is 0 Å². The number of allylic oxidation sites excluding steroid dienone is 3. The number of aliphatic hydroxyl groups is 1. The van der Waals surface area contributed by atoms with E-state index in [1.54, 1.807) is 0 Å². The van der Waals surface area contributed by atoms with Crippen LogP contribution in [0.2, 0.25) is 5.02 Å². The van der Waals surface area contributed by atoms with Crippen LogP contribution in [0.15, 0.2) is 36.4 Å². The fourth-order valence-electron chi connectivity index (χ4n) is 1.97. The molecule has 0 saturated heterocycles. The van der Waals surface area contributed by atoms with Gasteiger partial charge in [0, 0.05) is 11.6 Å². The number of hydrogen-bond donors (Lipinski definition) is 1. The van der Waals surface area contributed by atoms with E-state index in [0.29, 0.717) is 6.42 Å². The first-order valence-corrected chi connectivity index (χ1v) is 6.83. The van der Waals surface area contributed by atoms with Crippen LogP contribution in [-0.4, -0.2) is 11.7 Å². The maximum Gasteiger partial charge on any atom is 0.0465 e. The Labute approximate surface area is 115 Å². The van der Waals surface area contributed by atoms with E-state index in [2.05, 4.69) is 25.1 Å². The third-order valence-electron chi connectivity index (χ3n) is 2.74. The Morgan fingerprint density at radius 1 is 1.39 bits per heavy atom. The summed E-state index contributed by atoms with van der Waals surface area (Å²) >= 11 is 6.09. The standard InChI is InChI=1S/C16H21ClO/c1-3-6-13(8-5-11-18)16-12-15(17)10-9-14(16)7-4-2/h3,6,8-10,12,18H,4-5,7,11H2,1-2H3/b6-3+,13-8-. The van der Waals surface area contributed by atoms with E-state index < -0.39 is 0 Å². The van der Waals surface area contributed by atoms with Gasteiger partial charge in [0.1, 0.15) is 0 Å². The van der Waals surface area contributed by atoms with Crippen molar-refractivity contribution < 1.29 is 5.11 Å². The molecule has 1 rings (SSSR count). The molecule has 1 nitrogen and oxygen atoms in total. The summed E-state index contributed by atoms with van der Waals surface area (Å²) in [6, 6.07) is 6.04. The van der Waals surface area contributed by atoms with Crippen molar-refractivity contribution in [3.63, 3.8) is 0 Å². The van der Waals surface area contributed by atoms with E-state index in [4.69, 9.17) is 16.7 Å². The predicted molar refractivity (Wildman–Crippen MR) is 79.9 cm³/mol. The van der Waals surface area contributed by atoms with Crippen molar-refractivity contribution in [3.05, 3.63) is 52.6 Å². The summed E-state index contributed by atoms with van der Waals surface area (Å²) in [7, 11) is 0. The van der Waals surface area contributed by atoms with Gasteiger partial charge in [0.25, 0.3) is 0 Å². The second-order valence-electron chi connectivity index (χ2n) is 4.22. The topological polar surface area (TPSA) is 20.2 Å². The fourth-order valence-corrected chi connectivity index (χ4v) is 2.14. The quantitative estimate of drug-likeness (QED) is 0.743. The highest BCUT2D eigenvalue weighted by atomic mass is 35.5. The van der Waals surface area contributed by atoms with E-state index in [0.717, 1.165) is 23.4 Å². The van der Waals surface area contributed by atoms with Crippen molar-refractivity contribution in [1.82, 2.24) is 0 Å². The van der Waals surface area contributed by atoms with Gasteiger partial charge in [-0.15, -0.1) is 0 Å². The molecule has 0 aromatic heterocycles. The number of halogens is 1. The van der Waals surface area contributed by atoms with Gasteiger partial charge in [-0.2, -0.15) is 0 Å². The average Bonchev–Trinajstić information content (AvgIpc) is 2.37. The van der Waals surface area contributed by atoms with Crippen molar-refractivity contribution in [2.45, 2.75) is 33.1 Å². The fraction of sp³-hybridized carbons (Fsp3) is 0.375. The van der Waals surface area contributed by atoms with E-state index in [9.17, 15) is 0 Å². The third kappa shape index (κ3) is 4.32. The molecule has 0 atom stereocenters. The monoisotopic (exact) mass is 264 g/mol. The summed E-state index contributed by atoms with van der Waals surface area (Å²) in [5.41, 5.74) is 3.62. The van der Waals surface area contributed by atoms with Gasteiger partial charge in [-0.25, -0.2) is 0 Å². The Bertz CT molecular complexity index is 433. The van der Waals surface area contributed by atoms with Crippen LogP contribution in [0.3, 0.4) is 0 Å². The Hall–Kier alpha value is -1.05. The van der Waals surface area contributed by atoms with Crippen LogP contribution in [0, 0.1) is 0 Å². The largest absolute Gasteiger partial charge is 0.396 e. The van der Waals surface area contributed by atoms with Crippen molar-refractivity contribution in [3.8, 4) is 0 Å². The maximum atomic E-state index is 8.96. The van der Waals surface area contributed by atoms with Crippen LogP contribution in [0.5, 0.6) is 0 Å². The van der Waals surface area contributed by atoms with Crippen LogP contribution >= 0.6 is 11.6 Å². The van der Waals surface area contributed by atoms with Crippen LogP contribution < -0.4 is 0 Å². The van der Waals surface area contributed by atoms with Gasteiger partial charge >= 0.3 is 0 Å². The van der Waals surface area contributed by atoms with Crippen LogP contribution in [0.25, 0.3) is 5.57 Å². The Balaban J connectivity index is 3.20. The number of aliphatic hydroxyl groups excluding tert-OH is 1. The molecule has 1 aromatic carbocycles. The first-order valence-electron chi connectivity index (χ1n) is 6.45. The van der Waals surface area contributed by atoms with Gasteiger partial charge in [-0.3, -0.25) is 0 Å². The van der Waals surface area contributed by atoms with E-state index in [-0.39, 0.29) is 6.61 Å². The molecule has 0 amide bonds. The van der Waals surface area contributed by atoms with Gasteiger partial charge in [-0.1, -0.05) is 49.2 Å². The Morgan fingerprint density at radius 3 is 2.78 bits per heavy atom. The van der Waals surface area contributed by atoms with Crippen molar-refractivity contribution in [2.24, 2.45) is 0 Å². The molecule has 0 aliphatic carbocycles. The van der Waals surface area contributed by atoms with Gasteiger partial charge in [-0.05, 0) is 48.6 Å². The average molecular weight is 265 g/mol. The minimum absolute atomic E-state index is 0.171. The molecule has 98 valence electrons. The molecule has 0 unspecified atom stereocenters. The van der Waals surface area contributed by atoms with E-state index >= 15 is 0 Å². The zero-order valence-electron chi connectivity index (χ0n) is 11.1. The molecule has 0 aliphatic heterocycles. The van der Waals surface area contributed by atoms with Gasteiger partial charge in [0.05, 0.1) is 0 Å². The summed E-state index contributed by atoms with van der Waals surface area (Å²) < 4.78 is 0. The number of rotatable bonds is 6. The summed E-state index contributed by atoms with van der Waals surface area (Å²) in [4.78, 5) is 0. The lowest BCUT2D eigenvalue weighted by molar-refractivity contribution is 0.303. The molecule has 1 N–H and O–H groups in total. The second-order valence-corrected chi connectivity index (χ2v) is 4.66. The zero-order chi connectivity index (χ0) is 13.4. The molecule has 0 fully saturated rings. The Kier molecular flexibility index (Phi) is 6.77. The van der Waals surface area contributed by atoms with Crippen LogP contribution in [0.1, 0.15) is 37.8 Å². The molecule has 0 spiro atoms. The first-order chi connectivity index (χ1) is 8.72. The molecule has 1 aromatic rings. The Morgan fingerprint density at radius 2 is 2.17 bits per heavy atom. The minimum Gasteiger partial charge on any atom is -0.396 e. The SMILES string of the molecule is C/C=C/C(=C/CCO)c1cc(Cl)ccc1CCC. The molecular weight excluding hydrogens is 244 g/mol. The third-order valence-corrected chi connectivity index (χ3v) is 2.98. The molecular formula is C16H21ClO. The summed E-state index contributed by atoms with van der Waals surface area (Å²) in [6.07, 6.45) is 8.96. The molecule has 18 heavy (non-hydrogen) atoms. The number of hydrogen-bond acceptors (Lipinski definition) is 1. The summed E-state index contributed by atoms with van der Waals surface area (Å²) in [6.45, 7) is 4.34. The molecule has 2 heteroatoms. The molecule has 0 aliphatic rings. The molecule has 0 bridgehead atoms. The lowest BCUT2D eigenvalue weighted by Crippen LogP contribution is -1.93. The molecule has 0 saturated carbocycles. The number of aryl methyl sites for hydroxylation is 1. The van der Waals surface area contributed by atoms with Crippen LogP contribution in [0.4, 0.5) is 0 Å². The summed E-state index contributed by atoms with van der Waals surface area (Å²) in [5, 5.41) is 9.72. The smallest absolute Gasteiger partial charge is 0.0465 e. The van der Waals surface area contributed by atoms with E-state index in [1.807, 2.05) is 25.1 Å². The molecule has 0 heterocycles. The lowest BCUT2D eigenvalue weighted by Gasteiger charge is -2.11.